The monoisotopic (exact) mass is 264 g/mol. The molecular formula is C14H20N2O3. The lowest BCUT2D eigenvalue weighted by atomic mass is 9.97. The van der Waals surface area contributed by atoms with Crippen LogP contribution in [-0.4, -0.2) is 18.6 Å². The minimum absolute atomic E-state index is 0.227. The standard InChI is InChI=1S/C14H20N2O3/c1-5-19-14(18)16-15-13(17)8-12-10(3)6-9(2)7-11(12)4/h6-7H,5,8H2,1-4H3,(H,15,17)(H,16,18). The van der Waals surface area contributed by atoms with Gasteiger partial charge in [-0.3, -0.25) is 10.2 Å². The maximum Gasteiger partial charge on any atom is 0.426 e. The van der Waals surface area contributed by atoms with E-state index in [1.54, 1.807) is 6.92 Å². The number of hydrogen-bond acceptors (Lipinski definition) is 3. The molecule has 1 aromatic rings. The highest BCUT2D eigenvalue weighted by molar-refractivity contribution is 5.81. The molecule has 0 radical (unpaired) electrons. The van der Waals surface area contributed by atoms with Gasteiger partial charge in [0.1, 0.15) is 0 Å². The van der Waals surface area contributed by atoms with E-state index in [9.17, 15) is 9.59 Å². The Bertz CT molecular complexity index is 461. The lowest BCUT2D eigenvalue weighted by Gasteiger charge is -2.12. The van der Waals surface area contributed by atoms with Crippen LogP contribution >= 0.6 is 0 Å². The molecule has 0 saturated heterocycles. The fourth-order valence-corrected chi connectivity index (χ4v) is 1.98. The normalized spacial score (nSPS) is 9.89. The van der Waals surface area contributed by atoms with Crippen molar-refractivity contribution in [1.29, 1.82) is 0 Å². The van der Waals surface area contributed by atoms with E-state index in [0.717, 1.165) is 16.7 Å². The van der Waals surface area contributed by atoms with Crippen LogP contribution in [0, 0.1) is 20.8 Å². The van der Waals surface area contributed by atoms with Gasteiger partial charge in [-0.1, -0.05) is 17.7 Å². The summed E-state index contributed by atoms with van der Waals surface area (Å²) in [6.45, 7) is 7.92. The first-order valence-corrected chi connectivity index (χ1v) is 6.22. The molecule has 0 fully saturated rings. The van der Waals surface area contributed by atoms with Crippen LogP contribution in [0.5, 0.6) is 0 Å². The Balaban J connectivity index is 2.60. The quantitative estimate of drug-likeness (QED) is 0.820. The number of carbonyl (C=O) groups is 2. The minimum atomic E-state index is -0.659. The van der Waals surface area contributed by atoms with Crippen molar-refractivity contribution < 1.29 is 14.3 Å². The summed E-state index contributed by atoms with van der Waals surface area (Å²) in [5.41, 5.74) is 8.81. The molecule has 0 bridgehead atoms. The minimum Gasteiger partial charge on any atom is -0.449 e. The topological polar surface area (TPSA) is 67.4 Å². The van der Waals surface area contributed by atoms with Crippen LogP contribution in [0.4, 0.5) is 4.79 Å². The molecule has 0 unspecified atom stereocenters. The average Bonchev–Trinajstić information content (AvgIpc) is 2.31. The zero-order valence-electron chi connectivity index (χ0n) is 11.8. The summed E-state index contributed by atoms with van der Waals surface area (Å²) in [6, 6.07) is 4.07. The highest BCUT2D eigenvalue weighted by Gasteiger charge is 2.10. The summed E-state index contributed by atoms with van der Waals surface area (Å²) in [5.74, 6) is -0.275. The average molecular weight is 264 g/mol. The number of carbonyl (C=O) groups excluding carboxylic acids is 2. The van der Waals surface area contributed by atoms with Crippen LogP contribution in [0.1, 0.15) is 29.2 Å². The van der Waals surface area contributed by atoms with Crippen LogP contribution in [0.2, 0.25) is 0 Å². The highest BCUT2D eigenvalue weighted by atomic mass is 16.5. The molecule has 0 aliphatic heterocycles. The molecule has 0 aliphatic carbocycles. The van der Waals surface area contributed by atoms with E-state index in [1.807, 2.05) is 32.9 Å². The molecule has 0 spiro atoms. The number of hydrogen-bond donors (Lipinski definition) is 2. The third-order valence-corrected chi connectivity index (χ3v) is 2.76. The summed E-state index contributed by atoms with van der Waals surface area (Å²) in [7, 11) is 0. The number of amides is 2. The van der Waals surface area contributed by atoms with E-state index in [2.05, 4.69) is 15.6 Å². The third-order valence-electron chi connectivity index (χ3n) is 2.76. The zero-order valence-corrected chi connectivity index (χ0v) is 11.8. The summed E-state index contributed by atoms with van der Waals surface area (Å²) in [6.07, 6.45) is -0.433. The first kappa shape index (κ1) is 15.0. The van der Waals surface area contributed by atoms with Crippen molar-refractivity contribution in [2.24, 2.45) is 0 Å². The predicted molar refractivity (Wildman–Crippen MR) is 72.7 cm³/mol. The van der Waals surface area contributed by atoms with Crippen molar-refractivity contribution >= 4 is 12.0 Å². The van der Waals surface area contributed by atoms with Crippen molar-refractivity contribution in [2.75, 3.05) is 6.61 Å². The molecular weight excluding hydrogens is 244 g/mol. The molecule has 5 nitrogen and oxygen atoms in total. The first-order chi connectivity index (χ1) is 8.93. The second-order valence-electron chi connectivity index (χ2n) is 4.45. The van der Waals surface area contributed by atoms with E-state index >= 15 is 0 Å². The number of ether oxygens (including phenoxy) is 1. The Kier molecular flexibility index (Phi) is 5.36. The summed E-state index contributed by atoms with van der Waals surface area (Å²) < 4.78 is 4.64. The SMILES string of the molecule is CCOC(=O)NNC(=O)Cc1c(C)cc(C)cc1C. The second-order valence-corrected chi connectivity index (χ2v) is 4.45. The molecule has 5 heteroatoms. The van der Waals surface area contributed by atoms with Crippen molar-refractivity contribution in [1.82, 2.24) is 10.9 Å². The summed E-state index contributed by atoms with van der Waals surface area (Å²) in [4.78, 5) is 22.8. The molecule has 2 N–H and O–H groups in total. The lowest BCUT2D eigenvalue weighted by molar-refractivity contribution is -0.121. The first-order valence-electron chi connectivity index (χ1n) is 6.22. The van der Waals surface area contributed by atoms with Gasteiger partial charge in [-0.25, -0.2) is 10.2 Å². The Morgan fingerprint density at radius 2 is 1.68 bits per heavy atom. The summed E-state index contributed by atoms with van der Waals surface area (Å²) >= 11 is 0. The van der Waals surface area contributed by atoms with Crippen molar-refractivity contribution in [3.05, 3.63) is 34.4 Å². The van der Waals surface area contributed by atoms with Crippen LogP contribution in [0.3, 0.4) is 0 Å². The molecule has 1 rings (SSSR count). The smallest absolute Gasteiger partial charge is 0.426 e. The van der Waals surface area contributed by atoms with Gasteiger partial charge in [0.15, 0.2) is 0 Å². The van der Waals surface area contributed by atoms with E-state index in [0.29, 0.717) is 0 Å². The predicted octanol–water partition coefficient (Wildman–Crippen LogP) is 1.93. The van der Waals surface area contributed by atoms with Crippen LogP contribution in [0.15, 0.2) is 12.1 Å². The van der Waals surface area contributed by atoms with Gasteiger partial charge in [-0.05, 0) is 44.4 Å². The molecule has 0 aliphatic rings. The molecule has 0 atom stereocenters. The van der Waals surface area contributed by atoms with E-state index in [-0.39, 0.29) is 18.9 Å². The van der Waals surface area contributed by atoms with Gasteiger partial charge in [0.2, 0.25) is 5.91 Å². The van der Waals surface area contributed by atoms with Crippen molar-refractivity contribution in [2.45, 2.75) is 34.1 Å². The van der Waals surface area contributed by atoms with Crippen LogP contribution in [0.25, 0.3) is 0 Å². The Labute approximate surface area is 113 Å². The van der Waals surface area contributed by atoms with Gasteiger partial charge < -0.3 is 4.74 Å². The molecule has 1 aromatic carbocycles. The Morgan fingerprint density at radius 1 is 1.11 bits per heavy atom. The Morgan fingerprint density at radius 3 is 2.21 bits per heavy atom. The maximum atomic E-state index is 11.7. The number of rotatable bonds is 3. The van der Waals surface area contributed by atoms with Crippen LogP contribution in [-0.2, 0) is 16.0 Å². The second kappa shape index (κ2) is 6.78. The van der Waals surface area contributed by atoms with Crippen molar-refractivity contribution in [3.8, 4) is 0 Å². The molecule has 19 heavy (non-hydrogen) atoms. The van der Waals surface area contributed by atoms with Crippen LogP contribution < -0.4 is 10.9 Å². The van der Waals surface area contributed by atoms with E-state index in [1.165, 1.54) is 5.56 Å². The fourth-order valence-electron chi connectivity index (χ4n) is 1.98. The number of aryl methyl sites for hydroxylation is 3. The molecule has 0 aromatic heterocycles. The van der Waals surface area contributed by atoms with Crippen molar-refractivity contribution in [3.63, 3.8) is 0 Å². The number of benzene rings is 1. The maximum absolute atomic E-state index is 11.7. The van der Waals surface area contributed by atoms with E-state index in [4.69, 9.17) is 0 Å². The molecule has 0 heterocycles. The summed E-state index contributed by atoms with van der Waals surface area (Å²) in [5, 5.41) is 0. The van der Waals surface area contributed by atoms with Gasteiger partial charge >= 0.3 is 6.09 Å². The van der Waals surface area contributed by atoms with Gasteiger partial charge in [0.25, 0.3) is 0 Å². The third kappa shape index (κ3) is 4.62. The highest BCUT2D eigenvalue weighted by Crippen LogP contribution is 2.16. The van der Waals surface area contributed by atoms with Gasteiger partial charge in [0, 0.05) is 0 Å². The van der Waals surface area contributed by atoms with Gasteiger partial charge in [-0.2, -0.15) is 0 Å². The van der Waals surface area contributed by atoms with Gasteiger partial charge in [-0.15, -0.1) is 0 Å². The molecule has 2 amide bonds. The largest absolute Gasteiger partial charge is 0.449 e. The van der Waals surface area contributed by atoms with Gasteiger partial charge in [0.05, 0.1) is 13.0 Å². The number of nitrogens with one attached hydrogen (secondary N) is 2. The molecule has 104 valence electrons. The molecule has 0 saturated carbocycles. The Hall–Kier alpha value is -2.04. The fraction of sp³-hybridized carbons (Fsp3) is 0.429. The number of hydrazine groups is 1. The zero-order chi connectivity index (χ0) is 14.4. The van der Waals surface area contributed by atoms with E-state index < -0.39 is 6.09 Å². The lowest BCUT2D eigenvalue weighted by Crippen LogP contribution is -2.42.